The van der Waals surface area contributed by atoms with E-state index >= 15 is 0 Å². The molecule has 18 heavy (non-hydrogen) atoms. The minimum absolute atomic E-state index is 0.0447. The highest BCUT2D eigenvalue weighted by molar-refractivity contribution is 6.35. The minimum Gasteiger partial charge on any atom is -0.359 e. The summed E-state index contributed by atoms with van der Waals surface area (Å²) in [5.74, 6) is 0.170. The Bertz CT molecular complexity index is 584. The van der Waals surface area contributed by atoms with Crippen molar-refractivity contribution in [2.24, 2.45) is 0 Å². The van der Waals surface area contributed by atoms with Crippen LogP contribution < -0.4 is 5.32 Å². The van der Waals surface area contributed by atoms with Crippen molar-refractivity contribution in [2.75, 3.05) is 6.54 Å². The van der Waals surface area contributed by atoms with Gasteiger partial charge in [0.15, 0.2) is 5.78 Å². The highest BCUT2D eigenvalue weighted by Gasteiger charge is 2.24. The van der Waals surface area contributed by atoms with Crippen molar-refractivity contribution >= 4 is 28.3 Å². The second-order valence-corrected chi connectivity index (χ2v) is 5.14. The monoisotopic (exact) mass is 262 g/mol. The van der Waals surface area contributed by atoms with Gasteiger partial charge in [-0.05, 0) is 25.5 Å². The van der Waals surface area contributed by atoms with Gasteiger partial charge in [0.05, 0.1) is 16.6 Å². The molecule has 2 aromatic rings. The van der Waals surface area contributed by atoms with Gasteiger partial charge in [0.2, 0.25) is 0 Å². The lowest BCUT2D eigenvalue weighted by Crippen LogP contribution is -2.40. The van der Waals surface area contributed by atoms with Crippen molar-refractivity contribution in [1.82, 2.24) is 10.3 Å². The Balaban J connectivity index is 1.98. The van der Waals surface area contributed by atoms with Gasteiger partial charge in [0, 0.05) is 17.1 Å². The van der Waals surface area contributed by atoms with Crippen LogP contribution in [0.2, 0.25) is 5.02 Å². The molecule has 0 radical (unpaired) electrons. The molecule has 0 spiro atoms. The molecule has 1 fully saturated rings. The van der Waals surface area contributed by atoms with E-state index < -0.39 is 0 Å². The van der Waals surface area contributed by atoms with E-state index in [4.69, 9.17) is 11.6 Å². The number of benzene rings is 1. The van der Waals surface area contributed by atoms with Crippen molar-refractivity contribution in [3.63, 3.8) is 0 Å². The minimum atomic E-state index is -0.0447. The summed E-state index contributed by atoms with van der Waals surface area (Å²) in [4.78, 5) is 15.6. The number of halogens is 1. The van der Waals surface area contributed by atoms with Gasteiger partial charge in [-0.3, -0.25) is 4.79 Å². The molecule has 3 rings (SSSR count). The summed E-state index contributed by atoms with van der Waals surface area (Å²) in [5, 5.41) is 4.86. The normalized spacial score (nSPS) is 20.2. The third kappa shape index (κ3) is 1.93. The fourth-order valence-corrected chi connectivity index (χ4v) is 2.81. The number of H-pyrrole nitrogens is 1. The van der Waals surface area contributed by atoms with Gasteiger partial charge in [0.25, 0.3) is 0 Å². The van der Waals surface area contributed by atoms with Crippen LogP contribution in [-0.4, -0.2) is 23.4 Å². The van der Waals surface area contributed by atoms with Gasteiger partial charge >= 0.3 is 0 Å². The number of aromatic amines is 1. The number of para-hydroxylation sites is 1. The van der Waals surface area contributed by atoms with Crippen molar-refractivity contribution < 1.29 is 4.79 Å². The average Bonchev–Trinajstić information content (AvgIpc) is 2.84. The lowest BCUT2D eigenvalue weighted by molar-refractivity contribution is 0.0929. The first-order chi connectivity index (χ1) is 8.77. The Morgan fingerprint density at radius 2 is 2.22 bits per heavy atom. The average molecular weight is 263 g/mol. The summed E-state index contributed by atoms with van der Waals surface area (Å²) in [7, 11) is 0. The number of carbonyl (C=O) groups excluding carboxylic acids is 1. The van der Waals surface area contributed by atoms with E-state index in [1.165, 1.54) is 0 Å². The lowest BCUT2D eigenvalue weighted by atomic mass is 9.96. The van der Waals surface area contributed by atoms with Crippen molar-refractivity contribution in [1.29, 1.82) is 0 Å². The molecular weight excluding hydrogens is 248 g/mol. The van der Waals surface area contributed by atoms with Crippen LogP contribution in [0.15, 0.2) is 24.4 Å². The number of aromatic nitrogens is 1. The molecule has 4 heteroatoms. The van der Waals surface area contributed by atoms with E-state index in [1.807, 2.05) is 18.2 Å². The van der Waals surface area contributed by atoms with Gasteiger partial charge in [0.1, 0.15) is 0 Å². The Morgan fingerprint density at radius 1 is 1.33 bits per heavy atom. The molecule has 1 aliphatic heterocycles. The molecule has 2 N–H and O–H groups in total. The molecule has 2 heterocycles. The van der Waals surface area contributed by atoms with E-state index in [-0.39, 0.29) is 11.8 Å². The Hall–Kier alpha value is -1.32. The molecule has 1 unspecified atom stereocenters. The molecule has 3 nitrogen and oxygen atoms in total. The zero-order valence-electron chi connectivity index (χ0n) is 10.0. The lowest BCUT2D eigenvalue weighted by Gasteiger charge is -2.21. The van der Waals surface area contributed by atoms with Crippen LogP contribution in [0.1, 0.15) is 29.6 Å². The Kier molecular flexibility index (Phi) is 3.10. The molecule has 1 aromatic carbocycles. The maximum absolute atomic E-state index is 12.5. The molecule has 1 aliphatic rings. The predicted octanol–water partition coefficient (Wildman–Crippen LogP) is 3.15. The van der Waals surface area contributed by atoms with Crippen LogP contribution in [0.25, 0.3) is 10.9 Å². The molecule has 0 amide bonds. The molecule has 1 aromatic heterocycles. The van der Waals surface area contributed by atoms with E-state index in [0.29, 0.717) is 5.02 Å². The number of carbonyl (C=O) groups is 1. The SMILES string of the molecule is O=C(c1c[nH]c2c(Cl)cccc12)C1CCCCN1. The zero-order valence-corrected chi connectivity index (χ0v) is 10.8. The summed E-state index contributed by atoms with van der Waals surface area (Å²) < 4.78 is 0. The first kappa shape index (κ1) is 11.8. The quantitative estimate of drug-likeness (QED) is 0.817. The Morgan fingerprint density at radius 3 is 3.00 bits per heavy atom. The number of piperidine rings is 1. The van der Waals surface area contributed by atoms with Crippen LogP contribution in [0.4, 0.5) is 0 Å². The zero-order chi connectivity index (χ0) is 12.5. The van der Waals surface area contributed by atoms with E-state index in [1.54, 1.807) is 6.20 Å². The number of ketones is 1. The van der Waals surface area contributed by atoms with E-state index in [9.17, 15) is 4.79 Å². The maximum Gasteiger partial charge on any atom is 0.181 e. The van der Waals surface area contributed by atoms with Crippen LogP contribution >= 0.6 is 11.6 Å². The molecular formula is C14H15ClN2O. The predicted molar refractivity (Wildman–Crippen MR) is 73.3 cm³/mol. The molecule has 0 aliphatic carbocycles. The van der Waals surface area contributed by atoms with Crippen molar-refractivity contribution in [3.8, 4) is 0 Å². The second kappa shape index (κ2) is 4.75. The fraction of sp³-hybridized carbons (Fsp3) is 0.357. The molecule has 1 saturated heterocycles. The number of fused-ring (bicyclic) bond motifs is 1. The van der Waals surface area contributed by atoms with Gasteiger partial charge in [-0.15, -0.1) is 0 Å². The van der Waals surface area contributed by atoms with Crippen molar-refractivity contribution in [2.45, 2.75) is 25.3 Å². The topological polar surface area (TPSA) is 44.9 Å². The van der Waals surface area contributed by atoms with Gasteiger partial charge in [-0.1, -0.05) is 30.2 Å². The van der Waals surface area contributed by atoms with Crippen LogP contribution in [0.3, 0.4) is 0 Å². The van der Waals surface area contributed by atoms with E-state index in [2.05, 4.69) is 10.3 Å². The molecule has 94 valence electrons. The highest BCUT2D eigenvalue weighted by Crippen LogP contribution is 2.26. The third-order valence-electron chi connectivity index (χ3n) is 3.56. The number of rotatable bonds is 2. The van der Waals surface area contributed by atoms with Crippen LogP contribution in [0, 0.1) is 0 Å². The van der Waals surface area contributed by atoms with Gasteiger partial charge in [-0.25, -0.2) is 0 Å². The molecule has 0 saturated carbocycles. The number of nitrogens with one attached hydrogen (secondary N) is 2. The second-order valence-electron chi connectivity index (χ2n) is 4.73. The largest absolute Gasteiger partial charge is 0.359 e. The summed E-state index contributed by atoms with van der Waals surface area (Å²) >= 11 is 6.10. The van der Waals surface area contributed by atoms with Crippen LogP contribution in [0.5, 0.6) is 0 Å². The summed E-state index contributed by atoms with van der Waals surface area (Å²) in [5.41, 5.74) is 1.59. The summed E-state index contributed by atoms with van der Waals surface area (Å²) in [6.07, 6.45) is 4.97. The summed E-state index contributed by atoms with van der Waals surface area (Å²) in [6.45, 7) is 0.930. The van der Waals surface area contributed by atoms with Crippen molar-refractivity contribution in [3.05, 3.63) is 35.0 Å². The van der Waals surface area contributed by atoms with Crippen LogP contribution in [-0.2, 0) is 0 Å². The Labute approximate surface area is 111 Å². The van der Waals surface area contributed by atoms with E-state index in [0.717, 1.165) is 42.3 Å². The number of hydrogen-bond acceptors (Lipinski definition) is 2. The number of hydrogen-bond donors (Lipinski definition) is 2. The molecule has 0 bridgehead atoms. The first-order valence-electron chi connectivity index (χ1n) is 6.30. The smallest absolute Gasteiger partial charge is 0.181 e. The number of Topliss-reactive ketones (excluding diaryl/α,β-unsaturated/α-hetero) is 1. The molecule has 1 atom stereocenters. The highest BCUT2D eigenvalue weighted by atomic mass is 35.5. The fourth-order valence-electron chi connectivity index (χ4n) is 2.58. The maximum atomic E-state index is 12.5. The first-order valence-corrected chi connectivity index (χ1v) is 6.68. The third-order valence-corrected chi connectivity index (χ3v) is 3.87. The van der Waals surface area contributed by atoms with Gasteiger partial charge < -0.3 is 10.3 Å². The summed E-state index contributed by atoms with van der Waals surface area (Å²) in [6, 6.07) is 5.60. The van der Waals surface area contributed by atoms with Gasteiger partial charge in [-0.2, -0.15) is 0 Å². The standard InChI is InChI=1S/C14H15ClN2O/c15-11-5-3-4-9-10(8-17-13(9)11)14(18)12-6-1-2-7-16-12/h3-5,8,12,16-17H,1-2,6-7H2.